The van der Waals surface area contributed by atoms with Gasteiger partial charge >= 0.3 is 0 Å². The molecule has 0 aromatic carbocycles. The molecular formula is C7H12NOS+. The highest BCUT2D eigenvalue weighted by Crippen LogP contribution is 2.18. The fourth-order valence-electron chi connectivity index (χ4n) is 0.702. The number of hydrogen-bond acceptors (Lipinski definition) is 2. The zero-order valence-electron chi connectivity index (χ0n) is 6.55. The number of rotatable bonds is 2. The molecule has 0 spiro atoms. The molecule has 0 bridgehead atoms. The molecule has 0 aliphatic carbocycles. The van der Waals surface area contributed by atoms with Crippen LogP contribution in [0, 0.1) is 6.92 Å². The molecule has 0 N–H and O–H groups in total. The third-order valence-corrected chi connectivity index (χ3v) is 2.34. The number of hydrogen-bond donors (Lipinski definition) is 0. The minimum Gasteiger partial charge on any atom is -0.480 e. The van der Waals surface area contributed by atoms with Crippen molar-refractivity contribution < 1.29 is 9.30 Å². The predicted molar refractivity (Wildman–Crippen MR) is 41.4 cm³/mol. The van der Waals surface area contributed by atoms with Gasteiger partial charge in [0, 0.05) is 6.92 Å². The highest BCUT2D eigenvalue weighted by molar-refractivity contribution is 7.13. The van der Waals surface area contributed by atoms with Crippen LogP contribution in [0.2, 0.25) is 0 Å². The monoisotopic (exact) mass is 158 g/mol. The second-order valence-corrected chi connectivity index (χ2v) is 3.31. The molecule has 10 heavy (non-hydrogen) atoms. The molecular weight excluding hydrogens is 146 g/mol. The van der Waals surface area contributed by atoms with Crippen molar-refractivity contribution in [1.82, 2.24) is 0 Å². The molecule has 0 radical (unpaired) electrons. The third kappa shape index (κ3) is 1.48. The number of aromatic nitrogens is 1. The van der Waals surface area contributed by atoms with Crippen molar-refractivity contribution in [2.75, 3.05) is 6.61 Å². The number of ether oxygens (including phenoxy) is 1. The maximum atomic E-state index is 5.31. The van der Waals surface area contributed by atoms with Crippen molar-refractivity contribution in [3.05, 3.63) is 11.2 Å². The van der Waals surface area contributed by atoms with Crippen molar-refractivity contribution in [3.63, 3.8) is 0 Å². The third-order valence-electron chi connectivity index (χ3n) is 1.33. The first-order chi connectivity index (χ1) is 4.74. The van der Waals surface area contributed by atoms with Crippen LogP contribution < -0.4 is 9.30 Å². The van der Waals surface area contributed by atoms with E-state index in [9.17, 15) is 0 Å². The fourth-order valence-corrected chi connectivity index (χ4v) is 1.58. The summed E-state index contributed by atoms with van der Waals surface area (Å²) in [6.07, 6.45) is 2.00. The Morgan fingerprint density at radius 2 is 2.40 bits per heavy atom. The van der Waals surface area contributed by atoms with Gasteiger partial charge in [0.2, 0.25) is 16.3 Å². The second kappa shape index (κ2) is 3.01. The highest BCUT2D eigenvalue weighted by Gasteiger charge is 2.07. The van der Waals surface area contributed by atoms with Gasteiger partial charge in [0.25, 0.3) is 0 Å². The Hall–Kier alpha value is -0.570. The number of aryl methyl sites for hydroxylation is 2. The van der Waals surface area contributed by atoms with Gasteiger partial charge in [0.1, 0.15) is 7.05 Å². The van der Waals surface area contributed by atoms with Gasteiger partial charge in [-0.15, -0.1) is 0 Å². The van der Waals surface area contributed by atoms with E-state index in [1.807, 2.05) is 20.2 Å². The normalized spacial score (nSPS) is 9.90. The fraction of sp³-hybridized carbons (Fsp3) is 0.571. The van der Waals surface area contributed by atoms with E-state index in [4.69, 9.17) is 4.74 Å². The van der Waals surface area contributed by atoms with E-state index in [1.54, 1.807) is 11.3 Å². The van der Waals surface area contributed by atoms with E-state index >= 15 is 0 Å². The maximum absolute atomic E-state index is 5.31. The second-order valence-electron chi connectivity index (χ2n) is 2.11. The first-order valence-corrected chi connectivity index (χ1v) is 4.14. The molecule has 0 amide bonds. The molecule has 2 nitrogen and oxygen atoms in total. The van der Waals surface area contributed by atoms with Gasteiger partial charge in [-0.2, -0.15) is 4.57 Å². The predicted octanol–water partition coefficient (Wildman–Crippen LogP) is 1.28. The molecule has 0 saturated carbocycles. The summed E-state index contributed by atoms with van der Waals surface area (Å²) >= 11 is 1.68. The van der Waals surface area contributed by atoms with E-state index in [0.717, 1.165) is 11.7 Å². The quantitative estimate of drug-likeness (QED) is 0.591. The van der Waals surface area contributed by atoms with E-state index in [0.29, 0.717) is 0 Å². The molecule has 3 heteroatoms. The van der Waals surface area contributed by atoms with E-state index in [2.05, 4.69) is 11.5 Å². The van der Waals surface area contributed by atoms with Crippen molar-refractivity contribution in [1.29, 1.82) is 0 Å². The van der Waals surface area contributed by atoms with Crippen LogP contribution in [0.4, 0.5) is 0 Å². The largest absolute Gasteiger partial charge is 0.480 e. The molecule has 1 aromatic rings. The Morgan fingerprint density at radius 1 is 1.70 bits per heavy atom. The topological polar surface area (TPSA) is 13.1 Å². The molecule has 0 fully saturated rings. The smallest absolute Gasteiger partial charge is 0.245 e. The Labute approximate surface area is 65.1 Å². The SMILES string of the molecule is CCOc1c[n+](C)c(C)s1. The van der Waals surface area contributed by atoms with Crippen LogP contribution in [-0.2, 0) is 7.05 Å². The van der Waals surface area contributed by atoms with Gasteiger partial charge in [0.05, 0.1) is 6.61 Å². The molecule has 56 valence electrons. The minimum absolute atomic E-state index is 0.750. The summed E-state index contributed by atoms with van der Waals surface area (Å²) in [5.41, 5.74) is 0. The summed E-state index contributed by atoms with van der Waals surface area (Å²) in [6.45, 7) is 4.82. The lowest BCUT2D eigenvalue weighted by Crippen LogP contribution is -2.27. The first-order valence-electron chi connectivity index (χ1n) is 3.33. The zero-order valence-corrected chi connectivity index (χ0v) is 7.36. The van der Waals surface area contributed by atoms with Crippen LogP contribution in [0.5, 0.6) is 5.06 Å². The Bertz CT molecular complexity index is 200. The Kier molecular flexibility index (Phi) is 2.27. The summed E-state index contributed by atoms with van der Waals surface area (Å²) in [5.74, 6) is 0. The summed E-state index contributed by atoms with van der Waals surface area (Å²) in [7, 11) is 2.02. The molecule has 0 atom stereocenters. The molecule has 0 saturated heterocycles. The van der Waals surface area contributed by atoms with Gasteiger partial charge in [-0.05, 0) is 18.3 Å². The van der Waals surface area contributed by atoms with Crippen LogP contribution in [0.3, 0.4) is 0 Å². The van der Waals surface area contributed by atoms with Gasteiger partial charge in [-0.3, -0.25) is 0 Å². The molecule has 0 aliphatic rings. The molecule has 1 aromatic heterocycles. The van der Waals surface area contributed by atoms with Crippen molar-refractivity contribution in [2.45, 2.75) is 13.8 Å². The lowest BCUT2D eigenvalue weighted by molar-refractivity contribution is -0.672. The zero-order chi connectivity index (χ0) is 7.56. The van der Waals surface area contributed by atoms with Crippen molar-refractivity contribution >= 4 is 11.3 Å². The number of nitrogens with zero attached hydrogens (tertiary/aromatic N) is 1. The van der Waals surface area contributed by atoms with Gasteiger partial charge in [0.15, 0.2) is 0 Å². The van der Waals surface area contributed by atoms with Gasteiger partial charge in [-0.1, -0.05) is 0 Å². The van der Waals surface area contributed by atoms with Crippen LogP contribution in [0.25, 0.3) is 0 Å². The van der Waals surface area contributed by atoms with E-state index in [1.165, 1.54) is 5.01 Å². The Balaban J connectivity index is 2.77. The van der Waals surface area contributed by atoms with Crippen LogP contribution in [0.15, 0.2) is 6.20 Å². The highest BCUT2D eigenvalue weighted by atomic mass is 32.1. The number of thiazole rings is 1. The summed E-state index contributed by atoms with van der Waals surface area (Å²) in [6, 6.07) is 0. The molecule has 1 rings (SSSR count). The summed E-state index contributed by atoms with van der Waals surface area (Å²) < 4.78 is 7.37. The van der Waals surface area contributed by atoms with Crippen molar-refractivity contribution in [3.8, 4) is 5.06 Å². The summed E-state index contributed by atoms with van der Waals surface area (Å²) in [5, 5.41) is 2.27. The standard InChI is InChI=1S/C7H12NOS/c1-4-9-7-5-8(3)6(2)10-7/h5H,4H2,1-3H3/q+1. The van der Waals surface area contributed by atoms with Gasteiger partial charge in [-0.25, -0.2) is 0 Å². The van der Waals surface area contributed by atoms with Crippen LogP contribution in [0.1, 0.15) is 11.9 Å². The average Bonchev–Trinajstić information content (AvgIpc) is 2.14. The van der Waals surface area contributed by atoms with Crippen LogP contribution in [-0.4, -0.2) is 6.61 Å². The first kappa shape index (κ1) is 7.54. The molecule has 0 unspecified atom stereocenters. The Morgan fingerprint density at radius 3 is 2.80 bits per heavy atom. The van der Waals surface area contributed by atoms with Crippen LogP contribution >= 0.6 is 11.3 Å². The van der Waals surface area contributed by atoms with Crippen molar-refractivity contribution in [2.24, 2.45) is 7.05 Å². The summed E-state index contributed by atoms with van der Waals surface area (Å²) in [4.78, 5) is 0. The molecule has 0 aliphatic heterocycles. The lowest BCUT2D eigenvalue weighted by atomic mass is 10.7. The average molecular weight is 158 g/mol. The van der Waals surface area contributed by atoms with E-state index in [-0.39, 0.29) is 0 Å². The lowest BCUT2D eigenvalue weighted by Gasteiger charge is -1.90. The molecule has 1 heterocycles. The van der Waals surface area contributed by atoms with E-state index < -0.39 is 0 Å². The minimum atomic E-state index is 0.750. The van der Waals surface area contributed by atoms with Gasteiger partial charge < -0.3 is 4.74 Å². The maximum Gasteiger partial charge on any atom is 0.245 e.